The van der Waals surface area contributed by atoms with Gasteiger partial charge in [-0.1, -0.05) is 18.2 Å². The standard InChI is InChI=1S/C17H16N2O4/c20-16(12-4-2-1-3-5-12)18-8-9-19-17(21)13-6-7-14-15(10-13)23-11-22-14/h1-7,10H,8-9,11H2,(H,18,20)(H,19,21). The molecule has 0 atom stereocenters. The molecule has 0 spiro atoms. The number of ether oxygens (including phenoxy) is 2. The van der Waals surface area contributed by atoms with E-state index in [2.05, 4.69) is 10.6 Å². The molecule has 118 valence electrons. The molecule has 0 aromatic heterocycles. The molecule has 2 N–H and O–H groups in total. The Labute approximate surface area is 133 Å². The average molecular weight is 312 g/mol. The Kier molecular flexibility index (Phi) is 4.42. The van der Waals surface area contributed by atoms with E-state index >= 15 is 0 Å². The molecule has 0 fully saturated rings. The van der Waals surface area contributed by atoms with E-state index in [9.17, 15) is 9.59 Å². The first-order valence-corrected chi connectivity index (χ1v) is 7.25. The van der Waals surface area contributed by atoms with Crippen LogP contribution in [0.1, 0.15) is 20.7 Å². The predicted molar refractivity (Wildman–Crippen MR) is 83.7 cm³/mol. The third-order valence-corrected chi connectivity index (χ3v) is 3.37. The van der Waals surface area contributed by atoms with Gasteiger partial charge in [-0.3, -0.25) is 9.59 Å². The van der Waals surface area contributed by atoms with E-state index in [1.165, 1.54) is 0 Å². The van der Waals surface area contributed by atoms with E-state index in [0.717, 1.165) is 0 Å². The summed E-state index contributed by atoms with van der Waals surface area (Å²) in [6.45, 7) is 0.863. The first-order valence-electron chi connectivity index (χ1n) is 7.25. The van der Waals surface area contributed by atoms with Gasteiger partial charge in [0.25, 0.3) is 11.8 Å². The van der Waals surface area contributed by atoms with Crippen LogP contribution in [0.2, 0.25) is 0 Å². The Morgan fingerprint density at radius 1 is 0.826 bits per heavy atom. The molecule has 2 aromatic rings. The predicted octanol–water partition coefficient (Wildman–Crippen LogP) is 1.58. The van der Waals surface area contributed by atoms with Crippen molar-refractivity contribution in [3.8, 4) is 11.5 Å². The van der Waals surface area contributed by atoms with E-state index in [4.69, 9.17) is 9.47 Å². The fourth-order valence-electron chi connectivity index (χ4n) is 2.18. The van der Waals surface area contributed by atoms with Crippen LogP contribution in [0, 0.1) is 0 Å². The van der Waals surface area contributed by atoms with Crippen LogP contribution in [-0.4, -0.2) is 31.7 Å². The molecular formula is C17H16N2O4. The Morgan fingerprint density at radius 3 is 2.22 bits per heavy atom. The second-order valence-electron chi connectivity index (χ2n) is 4.95. The number of carbonyl (C=O) groups is 2. The monoisotopic (exact) mass is 312 g/mol. The summed E-state index contributed by atoms with van der Waals surface area (Å²) < 4.78 is 10.4. The fraction of sp³-hybridized carbons (Fsp3) is 0.176. The molecule has 0 saturated carbocycles. The van der Waals surface area contributed by atoms with Gasteiger partial charge in [-0.05, 0) is 30.3 Å². The summed E-state index contributed by atoms with van der Waals surface area (Å²) in [5.74, 6) is 0.812. The van der Waals surface area contributed by atoms with Crippen LogP contribution in [0.5, 0.6) is 11.5 Å². The lowest BCUT2D eigenvalue weighted by Gasteiger charge is -2.07. The van der Waals surface area contributed by atoms with Crippen molar-refractivity contribution in [2.24, 2.45) is 0 Å². The normalized spacial score (nSPS) is 11.8. The lowest BCUT2D eigenvalue weighted by molar-refractivity contribution is 0.0927. The van der Waals surface area contributed by atoms with Crippen molar-refractivity contribution >= 4 is 11.8 Å². The molecule has 3 rings (SSSR count). The maximum absolute atomic E-state index is 12.0. The van der Waals surface area contributed by atoms with Gasteiger partial charge in [0, 0.05) is 24.2 Å². The molecule has 0 saturated heterocycles. The number of fused-ring (bicyclic) bond motifs is 1. The zero-order valence-electron chi connectivity index (χ0n) is 12.4. The lowest BCUT2D eigenvalue weighted by Crippen LogP contribution is -2.34. The van der Waals surface area contributed by atoms with Gasteiger partial charge in [0.2, 0.25) is 6.79 Å². The van der Waals surface area contributed by atoms with E-state index in [0.29, 0.717) is 35.7 Å². The van der Waals surface area contributed by atoms with Crippen LogP contribution in [0.3, 0.4) is 0 Å². The summed E-state index contributed by atoms with van der Waals surface area (Å²) in [5.41, 5.74) is 1.08. The SMILES string of the molecule is O=C(NCCNC(=O)c1ccc2c(c1)OCO2)c1ccccc1. The van der Waals surface area contributed by atoms with E-state index in [1.54, 1.807) is 42.5 Å². The molecule has 0 bridgehead atoms. The van der Waals surface area contributed by atoms with Crippen molar-refractivity contribution in [1.82, 2.24) is 10.6 Å². The fourth-order valence-corrected chi connectivity index (χ4v) is 2.18. The second-order valence-corrected chi connectivity index (χ2v) is 4.95. The summed E-state index contributed by atoms with van der Waals surface area (Å²) in [7, 11) is 0. The van der Waals surface area contributed by atoms with Gasteiger partial charge < -0.3 is 20.1 Å². The third-order valence-electron chi connectivity index (χ3n) is 3.37. The zero-order valence-corrected chi connectivity index (χ0v) is 12.4. The second kappa shape index (κ2) is 6.83. The minimum Gasteiger partial charge on any atom is -0.454 e. The van der Waals surface area contributed by atoms with Gasteiger partial charge in [-0.25, -0.2) is 0 Å². The number of carbonyl (C=O) groups excluding carboxylic acids is 2. The molecular weight excluding hydrogens is 296 g/mol. The van der Waals surface area contributed by atoms with Crippen LogP contribution >= 0.6 is 0 Å². The Hall–Kier alpha value is -3.02. The lowest BCUT2D eigenvalue weighted by atomic mass is 10.2. The van der Waals surface area contributed by atoms with Crippen molar-refractivity contribution in [3.05, 3.63) is 59.7 Å². The topological polar surface area (TPSA) is 76.7 Å². The molecule has 1 heterocycles. The number of amides is 2. The minimum absolute atomic E-state index is 0.164. The number of rotatable bonds is 5. The quantitative estimate of drug-likeness (QED) is 0.822. The molecule has 1 aliphatic rings. The summed E-state index contributed by atoms with van der Waals surface area (Å²) in [4.78, 5) is 23.9. The van der Waals surface area contributed by atoms with Crippen molar-refractivity contribution in [2.75, 3.05) is 19.9 Å². The van der Waals surface area contributed by atoms with Crippen LogP contribution in [0.4, 0.5) is 0 Å². The highest BCUT2D eigenvalue weighted by Crippen LogP contribution is 2.32. The molecule has 0 unspecified atom stereocenters. The van der Waals surface area contributed by atoms with Gasteiger partial charge in [-0.2, -0.15) is 0 Å². The van der Waals surface area contributed by atoms with E-state index in [1.807, 2.05) is 6.07 Å². The van der Waals surface area contributed by atoms with Crippen molar-refractivity contribution in [3.63, 3.8) is 0 Å². The highest BCUT2D eigenvalue weighted by Gasteiger charge is 2.15. The maximum atomic E-state index is 12.0. The molecule has 0 radical (unpaired) electrons. The molecule has 23 heavy (non-hydrogen) atoms. The third kappa shape index (κ3) is 3.60. The average Bonchev–Trinajstić information content (AvgIpc) is 3.06. The van der Waals surface area contributed by atoms with Crippen LogP contribution in [0.25, 0.3) is 0 Å². The Bertz CT molecular complexity index is 716. The van der Waals surface area contributed by atoms with Crippen LogP contribution in [-0.2, 0) is 0 Å². The largest absolute Gasteiger partial charge is 0.454 e. The summed E-state index contributed by atoms with van der Waals surface area (Å²) in [5, 5.41) is 5.50. The Balaban J connectivity index is 1.45. The van der Waals surface area contributed by atoms with Gasteiger partial charge in [0.15, 0.2) is 11.5 Å². The highest BCUT2D eigenvalue weighted by atomic mass is 16.7. The van der Waals surface area contributed by atoms with Crippen molar-refractivity contribution in [1.29, 1.82) is 0 Å². The molecule has 6 heteroatoms. The van der Waals surface area contributed by atoms with Gasteiger partial charge in [0.1, 0.15) is 0 Å². The smallest absolute Gasteiger partial charge is 0.251 e. The van der Waals surface area contributed by atoms with Crippen molar-refractivity contribution < 1.29 is 19.1 Å². The first kappa shape index (κ1) is 14.9. The minimum atomic E-state index is -0.225. The summed E-state index contributed by atoms with van der Waals surface area (Å²) in [6, 6.07) is 13.9. The molecule has 1 aliphatic heterocycles. The van der Waals surface area contributed by atoms with Gasteiger partial charge in [0.05, 0.1) is 0 Å². The number of benzene rings is 2. The van der Waals surface area contributed by atoms with Crippen molar-refractivity contribution in [2.45, 2.75) is 0 Å². The Morgan fingerprint density at radius 2 is 1.48 bits per heavy atom. The highest BCUT2D eigenvalue weighted by molar-refractivity contribution is 5.95. The number of nitrogens with one attached hydrogen (secondary N) is 2. The summed E-state index contributed by atoms with van der Waals surface area (Å²) >= 11 is 0. The molecule has 2 aromatic carbocycles. The molecule has 0 aliphatic carbocycles. The zero-order chi connectivity index (χ0) is 16.1. The number of hydrogen-bond acceptors (Lipinski definition) is 4. The van der Waals surface area contributed by atoms with E-state index in [-0.39, 0.29) is 18.6 Å². The van der Waals surface area contributed by atoms with Gasteiger partial charge >= 0.3 is 0 Å². The number of hydrogen-bond donors (Lipinski definition) is 2. The maximum Gasteiger partial charge on any atom is 0.251 e. The van der Waals surface area contributed by atoms with Gasteiger partial charge in [-0.15, -0.1) is 0 Å². The summed E-state index contributed by atoms with van der Waals surface area (Å²) in [6.07, 6.45) is 0. The molecule has 6 nitrogen and oxygen atoms in total. The van der Waals surface area contributed by atoms with Crippen LogP contribution < -0.4 is 20.1 Å². The van der Waals surface area contributed by atoms with E-state index < -0.39 is 0 Å². The first-order chi connectivity index (χ1) is 11.2. The molecule has 2 amide bonds. The van der Waals surface area contributed by atoms with Crippen LogP contribution in [0.15, 0.2) is 48.5 Å².